The Morgan fingerprint density at radius 3 is 1.71 bits per heavy atom. The van der Waals surface area contributed by atoms with Crippen LogP contribution in [0.4, 0.5) is 0 Å². The van der Waals surface area contributed by atoms with E-state index in [4.69, 9.17) is 9.84 Å². The lowest BCUT2D eigenvalue weighted by molar-refractivity contribution is -0.129. The van der Waals surface area contributed by atoms with Crippen LogP contribution >= 0.6 is 0 Å². The van der Waals surface area contributed by atoms with Gasteiger partial charge in [-0.1, -0.05) is 52.0 Å². The predicted octanol–water partition coefficient (Wildman–Crippen LogP) is 7.65. The first kappa shape index (κ1) is 26.7. The summed E-state index contributed by atoms with van der Waals surface area (Å²) in [6.07, 6.45) is 24.6. The van der Waals surface area contributed by atoms with E-state index in [1.54, 1.807) is 6.42 Å². The second-order valence-corrected chi connectivity index (χ2v) is 12.8. The summed E-state index contributed by atoms with van der Waals surface area (Å²) in [5, 5.41) is 19.1. The molecular weight excluding hydrogens is 420 g/mol. The van der Waals surface area contributed by atoms with E-state index in [0.29, 0.717) is 5.57 Å². The van der Waals surface area contributed by atoms with Crippen molar-refractivity contribution in [2.24, 2.45) is 41.4 Å². The zero-order valence-electron chi connectivity index (χ0n) is 22.1. The fraction of sp³-hybridized carbons (Fsp3) is 0.935. The van der Waals surface area contributed by atoms with Crippen molar-refractivity contribution in [3.63, 3.8) is 0 Å². The topological polar surface area (TPSA) is 49.7 Å². The monoisotopic (exact) mass is 474 g/mol. The molecule has 0 spiro atoms. The van der Waals surface area contributed by atoms with E-state index >= 15 is 0 Å². The minimum atomic E-state index is -1.01. The molecule has 4 aliphatic carbocycles. The van der Waals surface area contributed by atoms with Gasteiger partial charge in [-0.3, -0.25) is 0 Å². The first-order valence-electron chi connectivity index (χ1n) is 15.2. The van der Waals surface area contributed by atoms with E-state index in [2.05, 4.69) is 13.5 Å². The molecule has 0 amide bonds. The quantitative estimate of drug-likeness (QED) is 0.194. The highest BCUT2D eigenvalue weighted by molar-refractivity contribution is 4.98. The summed E-state index contributed by atoms with van der Waals surface area (Å²) in [6, 6.07) is 0. The number of hydrogen-bond donors (Lipinski definition) is 2. The summed E-state index contributed by atoms with van der Waals surface area (Å²) in [5.74, 6) is 6.96. The maximum Gasteiger partial charge on any atom is 0.179 e. The molecule has 34 heavy (non-hydrogen) atoms. The minimum Gasteiger partial charge on any atom is -0.392 e. The van der Waals surface area contributed by atoms with Gasteiger partial charge in [0, 0.05) is 5.57 Å². The van der Waals surface area contributed by atoms with Crippen LogP contribution in [0.15, 0.2) is 12.2 Å². The number of rotatable bonds is 10. The van der Waals surface area contributed by atoms with Crippen LogP contribution in [0.1, 0.15) is 122 Å². The van der Waals surface area contributed by atoms with E-state index in [1.165, 1.54) is 96.3 Å². The predicted molar refractivity (Wildman–Crippen MR) is 140 cm³/mol. The fourth-order valence-corrected chi connectivity index (χ4v) is 8.50. The van der Waals surface area contributed by atoms with Crippen molar-refractivity contribution < 1.29 is 14.9 Å². The van der Waals surface area contributed by atoms with Crippen molar-refractivity contribution >= 4 is 0 Å². The number of aliphatic hydroxyl groups excluding tert-OH is 2. The highest BCUT2D eigenvalue weighted by Gasteiger charge is 2.41. The molecule has 0 radical (unpaired) electrons. The molecule has 5 unspecified atom stereocenters. The second kappa shape index (κ2) is 13.2. The van der Waals surface area contributed by atoms with Crippen LogP contribution in [0.5, 0.6) is 0 Å². The lowest BCUT2D eigenvalue weighted by atomic mass is 9.59. The maximum absolute atomic E-state index is 10.0. The Hall–Kier alpha value is -0.380. The number of fused-ring (bicyclic) bond motifs is 1. The van der Waals surface area contributed by atoms with Gasteiger partial charge in [0.15, 0.2) is 6.29 Å². The Balaban J connectivity index is 1.15. The third-order valence-corrected chi connectivity index (χ3v) is 10.7. The molecule has 0 aromatic heterocycles. The zero-order valence-corrected chi connectivity index (χ0v) is 22.1. The summed E-state index contributed by atoms with van der Waals surface area (Å²) < 4.78 is 5.76. The van der Waals surface area contributed by atoms with E-state index in [1.807, 2.05) is 0 Å². The van der Waals surface area contributed by atoms with Crippen molar-refractivity contribution in [3.05, 3.63) is 12.2 Å². The molecule has 4 fully saturated rings. The molecule has 3 heteroatoms. The summed E-state index contributed by atoms with van der Waals surface area (Å²) in [7, 11) is 0. The molecule has 0 aromatic carbocycles. The van der Waals surface area contributed by atoms with Crippen molar-refractivity contribution in [1.29, 1.82) is 0 Å². The van der Waals surface area contributed by atoms with Gasteiger partial charge in [-0.15, -0.1) is 0 Å². The maximum atomic E-state index is 10.0. The molecule has 4 rings (SSSR count). The number of hydrogen-bond acceptors (Lipinski definition) is 3. The Morgan fingerprint density at radius 1 is 0.735 bits per heavy atom. The first-order valence-corrected chi connectivity index (χ1v) is 15.2. The summed E-state index contributed by atoms with van der Waals surface area (Å²) in [4.78, 5) is 0. The Labute approximate surface area is 210 Å². The number of ether oxygens (including phenoxy) is 1. The van der Waals surface area contributed by atoms with Gasteiger partial charge in [-0.05, 0) is 118 Å². The van der Waals surface area contributed by atoms with E-state index in [-0.39, 0.29) is 12.7 Å². The van der Waals surface area contributed by atoms with Crippen molar-refractivity contribution in [1.82, 2.24) is 0 Å². The molecule has 0 bridgehead atoms. The van der Waals surface area contributed by atoms with Gasteiger partial charge in [0.1, 0.15) is 0 Å². The normalized spacial score (nSPS) is 39.9. The third kappa shape index (κ3) is 7.10. The molecule has 4 aliphatic rings. The summed E-state index contributed by atoms with van der Waals surface area (Å²) in [5.41, 5.74) is 0.371. The molecule has 0 aromatic rings. The van der Waals surface area contributed by atoms with E-state index in [9.17, 15) is 5.11 Å². The second-order valence-electron chi connectivity index (χ2n) is 12.8. The lowest BCUT2D eigenvalue weighted by Crippen LogP contribution is -2.37. The van der Waals surface area contributed by atoms with Crippen LogP contribution in [0, 0.1) is 41.4 Å². The number of unbranched alkanes of at least 4 members (excludes halogenated alkanes) is 2. The summed E-state index contributed by atoms with van der Waals surface area (Å²) >= 11 is 0. The van der Waals surface area contributed by atoms with Crippen molar-refractivity contribution in [2.75, 3.05) is 6.61 Å². The van der Waals surface area contributed by atoms with Gasteiger partial charge < -0.3 is 14.9 Å². The van der Waals surface area contributed by atoms with Gasteiger partial charge >= 0.3 is 0 Å². The van der Waals surface area contributed by atoms with Crippen LogP contribution < -0.4 is 0 Å². The molecule has 0 aliphatic heterocycles. The van der Waals surface area contributed by atoms with Gasteiger partial charge in [0.25, 0.3) is 0 Å². The van der Waals surface area contributed by atoms with Crippen molar-refractivity contribution in [2.45, 2.75) is 135 Å². The highest BCUT2D eigenvalue weighted by atomic mass is 16.6. The van der Waals surface area contributed by atoms with Crippen LogP contribution in [-0.2, 0) is 4.74 Å². The standard InChI is InChI=1S/C31H54O3/c1-3-4-5-6-23-7-9-24(10-8-23)26-11-13-29-20-27(12-14-28(29)19-26)25-15-17-30(18-16-25)34-31(33)22(2)21-32/h23-33H,2-21H2,1H3. The van der Waals surface area contributed by atoms with Crippen LogP contribution in [0.2, 0.25) is 0 Å². The fourth-order valence-electron chi connectivity index (χ4n) is 8.50. The molecule has 0 saturated heterocycles. The van der Waals surface area contributed by atoms with E-state index < -0.39 is 6.29 Å². The number of aliphatic hydroxyl groups is 2. The molecule has 4 saturated carbocycles. The third-order valence-electron chi connectivity index (χ3n) is 10.7. The van der Waals surface area contributed by atoms with Gasteiger partial charge in [0.2, 0.25) is 0 Å². The highest BCUT2D eigenvalue weighted by Crippen LogP contribution is 2.51. The van der Waals surface area contributed by atoms with Gasteiger partial charge in [-0.25, -0.2) is 0 Å². The molecular formula is C31H54O3. The van der Waals surface area contributed by atoms with Gasteiger partial charge in [0.05, 0.1) is 12.7 Å². The van der Waals surface area contributed by atoms with Crippen LogP contribution in [0.25, 0.3) is 0 Å². The zero-order chi connectivity index (χ0) is 23.9. The minimum absolute atomic E-state index is 0.128. The van der Waals surface area contributed by atoms with Crippen molar-refractivity contribution in [3.8, 4) is 0 Å². The Morgan fingerprint density at radius 2 is 1.21 bits per heavy atom. The Kier molecular flexibility index (Phi) is 10.4. The van der Waals surface area contributed by atoms with Gasteiger partial charge in [-0.2, -0.15) is 0 Å². The smallest absolute Gasteiger partial charge is 0.179 e. The average molecular weight is 475 g/mol. The molecule has 196 valence electrons. The SMILES string of the molecule is C=C(CO)C(O)OC1CCC(C2CCC3CC(C4CCC(CCCCC)CC4)CCC3C2)CC1. The average Bonchev–Trinajstić information content (AvgIpc) is 2.88. The summed E-state index contributed by atoms with van der Waals surface area (Å²) in [6.45, 7) is 5.81. The molecule has 0 heterocycles. The molecule has 3 nitrogen and oxygen atoms in total. The van der Waals surface area contributed by atoms with Crippen LogP contribution in [-0.4, -0.2) is 29.2 Å². The molecule has 5 atom stereocenters. The molecule has 2 N–H and O–H groups in total. The van der Waals surface area contributed by atoms with Crippen LogP contribution in [0.3, 0.4) is 0 Å². The lowest BCUT2D eigenvalue weighted by Gasteiger charge is -2.47. The largest absolute Gasteiger partial charge is 0.392 e. The first-order chi connectivity index (χ1) is 16.6. The Bertz CT molecular complexity index is 602. The van der Waals surface area contributed by atoms with E-state index in [0.717, 1.165) is 54.3 Å².